The first-order valence-electron chi connectivity index (χ1n) is 5.56. The van der Waals surface area contributed by atoms with Crippen LogP contribution in [0.4, 0.5) is 0 Å². The predicted octanol–water partition coefficient (Wildman–Crippen LogP) is 1.76. The van der Waals surface area contributed by atoms with Gasteiger partial charge in [0.1, 0.15) is 0 Å². The quantitative estimate of drug-likeness (QED) is 0.864. The number of aliphatic carboxylic acids is 1. The van der Waals surface area contributed by atoms with E-state index in [9.17, 15) is 9.59 Å². The number of nitrogens with zero attached hydrogens (tertiary/aromatic N) is 2. The molecule has 2 rings (SSSR count). The molecule has 0 radical (unpaired) electrons. The Bertz CT molecular complexity index is 685. The van der Waals surface area contributed by atoms with Gasteiger partial charge < -0.3 is 5.11 Å². The minimum atomic E-state index is -0.980. The maximum absolute atomic E-state index is 11.6. The normalized spacial score (nSPS) is 11.0. The molecule has 19 heavy (non-hydrogen) atoms. The van der Waals surface area contributed by atoms with Crippen molar-refractivity contribution in [3.8, 4) is 0 Å². The van der Waals surface area contributed by atoms with Crippen LogP contribution in [0.5, 0.6) is 0 Å². The van der Waals surface area contributed by atoms with Gasteiger partial charge in [0.15, 0.2) is 0 Å². The highest BCUT2D eigenvalue weighted by Gasteiger charge is 2.02. The second kappa shape index (κ2) is 5.62. The van der Waals surface area contributed by atoms with Crippen molar-refractivity contribution in [3.05, 3.63) is 56.4 Å². The van der Waals surface area contributed by atoms with Gasteiger partial charge in [0.25, 0.3) is 0 Å². The fraction of sp³-hybridized carbons (Fsp3) is 0.154. The number of aryl methyl sites for hydroxylation is 1. The number of carbonyl (C=O) groups is 1. The van der Waals surface area contributed by atoms with E-state index in [4.69, 9.17) is 5.11 Å². The predicted molar refractivity (Wildman–Crippen MR) is 73.3 cm³/mol. The van der Waals surface area contributed by atoms with Crippen molar-refractivity contribution in [2.75, 3.05) is 0 Å². The highest BCUT2D eigenvalue weighted by molar-refractivity contribution is 7.10. The molecule has 2 aromatic rings. The van der Waals surface area contributed by atoms with Crippen LogP contribution in [0.3, 0.4) is 0 Å². The van der Waals surface area contributed by atoms with Gasteiger partial charge in [-0.25, -0.2) is 14.6 Å². The fourth-order valence-electron chi connectivity index (χ4n) is 1.58. The first-order chi connectivity index (χ1) is 9.04. The molecule has 0 bridgehead atoms. The standard InChI is InChI=1S/C13H12N2O3S/c1-9-5-14-13(18)15(6-9)7-11-4-10(8-19-11)2-3-12(16)17/h2-6,8H,7H2,1H3,(H,16,17). The summed E-state index contributed by atoms with van der Waals surface area (Å²) in [6.07, 6.45) is 5.90. The molecule has 0 atom stereocenters. The van der Waals surface area contributed by atoms with Gasteiger partial charge in [-0.1, -0.05) is 0 Å². The van der Waals surface area contributed by atoms with Crippen LogP contribution in [0.15, 0.2) is 34.7 Å². The Hall–Kier alpha value is -2.21. The Morgan fingerprint density at radius 3 is 3.11 bits per heavy atom. The van der Waals surface area contributed by atoms with Crippen molar-refractivity contribution in [1.29, 1.82) is 0 Å². The molecule has 0 aliphatic carbocycles. The summed E-state index contributed by atoms with van der Waals surface area (Å²) in [5.74, 6) is -0.980. The zero-order valence-electron chi connectivity index (χ0n) is 10.2. The van der Waals surface area contributed by atoms with E-state index in [0.717, 1.165) is 22.1 Å². The van der Waals surface area contributed by atoms with Crippen molar-refractivity contribution in [1.82, 2.24) is 9.55 Å². The molecule has 0 saturated carbocycles. The molecule has 0 aromatic carbocycles. The lowest BCUT2D eigenvalue weighted by Crippen LogP contribution is -2.22. The van der Waals surface area contributed by atoms with Gasteiger partial charge in [0.2, 0.25) is 0 Å². The number of hydrogen-bond donors (Lipinski definition) is 1. The Kier molecular flexibility index (Phi) is 3.91. The Morgan fingerprint density at radius 2 is 2.37 bits per heavy atom. The molecular formula is C13H12N2O3S. The van der Waals surface area contributed by atoms with Gasteiger partial charge in [0.05, 0.1) is 6.54 Å². The van der Waals surface area contributed by atoms with Gasteiger partial charge in [-0.05, 0) is 35.6 Å². The monoisotopic (exact) mass is 276 g/mol. The second-order valence-electron chi connectivity index (χ2n) is 4.06. The van der Waals surface area contributed by atoms with Crippen LogP contribution in [0, 0.1) is 6.92 Å². The van der Waals surface area contributed by atoms with Gasteiger partial charge >= 0.3 is 11.7 Å². The maximum atomic E-state index is 11.6. The van der Waals surface area contributed by atoms with Gasteiger partial charge in [-0.2, -0.15) is 0 Å². The van der Waals surface area contributed by atoms with Crippen molar-refractivity contribution >= 4 is 23.4 Å². The highest BCUT2D eigenvalue weighted by atomic mass is 32.1. The lowest BCUT2D eigenvalue weighted by molar-refractivity contribution is -0.131. The number of hydrogen-bond acceptors (Lipinski definition) is 4. The van der Waals surface area contributed by atoms with Gasteiger partial charge in [-0.15, -0.1) is 11.3 Å². The molecule has 0 unspecified atom stereocenters. The number of thiophene rings is 1. The van der Waals surface area contributed by atoms with E-state index in [1.807, 2.05) is 18.4 Å². The molecule has 2 aromatic heterocycles. The van der Waals surface area contributed by atoms with Crippen LogP contribution < -0.4 is 5.69 Å². The summed E-state index contributed by atoms with van der Waals surface area (Å²) in [5.41, 5.74) is 1.44. The molecule has 1 N–H and O–H groups in total. The van der Waals surface area contributed by atoms with Crippen LogP contribution in [0.25, 0.3) is 6.08 Å². The zero-order chi connectivity index (χ0) is 13.8. The summed E-state index contributed by atoms with van der Waals surface area (Å²) in [7, 11) is 0. The minimum absolute atomic E-state index is 0.290. The summed E-state index contributed by atoms with van der Waals surface area (Å²) in [6, 6.07) is 1.86. The average molecular weight is 276 g/mol. The van der Waals surface area contributed by atoms with E-state index < -0.39 is 5.97 Å². The number of rotatable bonds is 4. The summed E-state index contributed by atoms with van der Waals surface area (Å²) >= 11 is 1.48. The van der Waals surface area contributed by atoms with Crippen molar-refractivity contribution in [3.63, 3.8) is 0 Å². The largest absolute Gasteiger partial charge is 0.478 e. The topological polar surface area (TPSA) is 72.2 Å². The van der Waals surface area contributed by atoms with Crippen molar-refractivity contribution in [2.45, 2.75) is 13.5 Å². The third-order valence-corrected chi connectivity index (χ3v) is 3.34. The molecule has 2 heterocycles. The Balaban J connectivity index is 2.18. The van der Waals surface area contributed by atoms with E-state index >= 15 is 0 Å². The first-order valence-corrected chi connectivity index (χ1v) is 6.44. The first kappa shape index (κ1) is 13.2. The fourth-order valence-corrected chi connectivity index (χ4v) is 2.43. The Labute approximate surface area is 113 Å². The molecule has 98 valence electrons. The summed E-state index contributed by atoms with van der Waals surface area (Å²) in [4.78, 5) is 26.7. The summed E-state index contributed by atoms with van der Waals surface area (Å²) in [6.45, 7) is 2.32. The molecule has 0 saturated heterocycles. The van der Waals surface area contributed by atoms with Crippen LogP contribution >= 0.6 is 11.3 Å². The molecule has 6 heteroatoms. The average Bonchev–Trinajstić information content (AvgIpc) is 2.79. The van der Waals surface area contributed by atoms with Crippen molar-refractivity contribution < 1.29 is 9.90 Å². The number of aromatic nitrogens is 2. The van der Waals surface area contributed by atoms with E-state index in [2.05, 4.69) is 4.98 Å². The minimum Gasteiger partial charge on any atom is -0.478 e. The number of carboxylic acid groups (broad SMARTS) is 1. The van der Waals surface area contributed by atoms with E-state index in [1.54, 1.807) is 6.20 Å². The number of carboxylic acids is 1. The third-order valence-electron chi connectivity index (χ3n) is 2.40. The SMILES string of the molecule is Cc1cnc(=O)n(Cc2cc(C=CC(=O)O)cs2)c1. The lowest BCUT2D eigenvalue weighted by Gasteiger charge is -2.02. The Morgan fingerprint density at radius 1 is 1.58 bits per heavy atom. The van der Waals surface area contributed by atoms with E-state index in [0.29, 0.717) is 6.54 Å². The van der Waals surface area contributed by atoms with Crippen molar-refractivity contribution in [2.24, 2.45) is 0 Å². The van der Waals surface area contributed by atoms with E-state index in [1.165, 1.54) is 28.2 Å². The lowest BCUT2D eigenvalue weighted by atomic mass is 10.3. The zero-order valence-corrected chi connectivity index (χ0v) is 11.1. The molecule has 0 amide bonds. The molecular weight excluding hydrogens is 264 g/mol. The van der Waals surface area contributed by atoms with Crippen LogP contribution in [-0.2, 0) is 11.3 Å². The summed E-state index contributed by atoms with van der Waals surface area (Å²) < 4.78 is 1.53. The molecule has 0 fully saturated rings. The smallest absolute Gasteiger partial charge is 0.347 e. The highest BCUT2D eigenvalue weighted by Crippen LogP contribution is 2.16. The van der Waals surface area contributed by atoms with Gasteiger partial charge in [-0.3, -0.25) is 4.57 Å². The van der Waals surface area contributed by atoms with Crippen LogP contribution in [-0.4, -0.2) is 20.6 Å². The van der Waals surface area contributed by atoms with E-state index in [-0.39, 0.29) is 5.69 Å². The third kappa shape index (κ3) is 3.62. The molecule has 0 aliphatic heterocycles. The second-order valence-corrected chi connectivity index (χ2v) is 5.06. The molecule has 0 aliphatic rings. The maximum Gasteiger partial charge on any atom is 0.347 e. The van der Waals surface area contributed by atoms with Crippen LogP contribution in [0.2, 0.25) is 0 Å². The van der Waals surface area contributed by atoms with Crippen LogP contribution in [0.1, 0.15) is 16.0 Å². The molecule has 0 spiro atoms. The summed E-state index contributed by atoms with van der Waals surface area (Å²) in [5, 5.41) is 10.4. The van der Waals surface area contributed by atoms with Gasteiger partial charge in [0, 0.05) is 23.3 Å². The molecule has 5 nitrogen and oxygen atoms in total.